The number of hydrogen-bond acceptors (Lipinski definition) is 5. The fourth-order valence-corrected chi connectivity index (χ4v) is 4.86. The van der Waals surface area contributed by atoms with Gasteiger partial charge in [-0.1, -0.05) is 53.5 Å². The molecule has 2 aromatic rings. The minimum Gasteiger partial charge on any atom is -0.368 e. The smallest absolute Gasteiger partial charge is 0.246 e. The normalized spacial score (nSPS) is 13.8. The molecular weight excluding hydrogens is 471 g/mol. The highest BCUT2D eigenvalue weighted by Gasteiger charge is 2.19. The molecule has 0 fully saturated rings. The van der Waals surface area contributed by atoms with Gasteiger partial charge in [0, 0.05) is 43.3 Å². The Morgan fingerprint density at radius 2 is 1.94 bits per heavy atom. The molecule has 0 bridgehead atoms. The molecule has 32 heavy (non-hydrogen) atoms. The number of nitrogens with zero attached hydrogens (tertiary/aromatic N) is 2. The van der Waals surface area contributed by atoms with Crippen molar-refractivity contribution >= 4 is 45.0 Å². The number of nitrogens with one attached hydrogen (secondary N) is 2. The van der Waals surface area contributed by atoms with Gasteiger partial charge < -0.3 is 10.2 Å². The van der Waals surface area contributed by atoms with Gasteiger partial charge in [0.1, 0.15) is 10.7 Å². The first kappa shape index (κ1) is 24.3. The molecule has 1 aliphatic heterocycles. The molecule has 0 unspecified atom stereocenters. The molecule has 2 N–H and O–H groups in total. The first-order valence-corrected chi connectivity index (χ1v) is 12.2. The van der Waals surface area contributed by atoms with Crippen molar-refractivity contribution < 1.29 is 13.2 Å². The number of aliphatic imine (C=N–C) groups is 1. The number of carbonyl (C=O) groups is 1. The molecule has 1 aliphatic rings. The van der Waals surface area contributed by atoms with Crippen LogP contribution in [0.15, 0.2) is 58.4 Å². The van der Waals surface area contributed by atoms with Gasteiger partial charge in [-0.3, -0.25) is 9.79 Å². The average molecular weight is 495 g/mol. The average Bonchev–Trinajstić information content (AvgIpc) is 3.30. The maximum atomic E-state index is 12.5. The molecule has 1 heterocycles. The van der Waals surface area contributed by atoms with E-state index < -0.39 is 10.0 Å². The standard InChI is InChI=1S/C22H24Cl2N4O3S/c1-15-18(23)9-10-19(21(15)24)32(30,31)27-11-3-4-20(29)28(2)14-16-5-7-17(8-6-16)22-25-12-13-26-22/h3-10,27H,11-14H2,1-2H3,(H,25,26)/b4-3+. The lowest BCUT2D eigenvalue weighted by Gasteiger charge is -2.15. The molecule has 1 amide bonds. The molecule has 2 aromatic carbocycles. The van der Waals surface area contributed by atoms with Gasteiger partial charge in [0.25, 0.3) is 0 Å². The molecule has 0 radical (unpaired) electrons. The first-order valence-electron chi connectivity index (χ1n) is 9.92. The van der Waals surface area contributed by atoms with E-state index in [0.717, 1.165) is 30.1 Å². The van der Waals surface area contributed by atoms with E-state index in [1.165, 1.54) is 24.3 Å². The number of halogens is 2. The molecule has 170 valence electrons. The lowest BCUT2D eigenvalue weighted by molar-refractivity contribution is -0.125. The Balaban J connectivity index is 1.53. The zero-order chi connectivity index (χ0) is 23.3. The van der Waals surface area contributed by atoms with E-state index in [1.807, 2.05) is 24.3 Å². The van der Waals surface area contributed by atoms with Crippen LogP contribution in [0.1, 0.15) is 16.7 Å². The van der Waals surface area contributed by atoms with Gasteiger partial charge in [-0.2, -0.15) is 0 Å². The number of rotatable bonds is 8. The molecule has 0 aliphatic carbocycles. The number of amides is 1. The predicted molar refractivity (Wildman–Crippen MR) is 128 cm³/mol. The minimum atomic E-state index is -3.84. The Labute approximate surface area is 198 Å². The summed E-state index contributed by atoms with van der Waals surface area (Å²) < 4.78 is 27.4. The van der Waals surface area contributed by atoms with Gasteiger partial charge in [-0.25, -0.2) is 13.1 Å². The molecule has 3 rings (SSSR count). The zero-order valence-corrected chi connectivity index (χ0v) is 20.1. The van der Waals surface area contributed by atoms with Crippen LogP contribution in [0.25, 0.3) is 0 Å². The van der Waals surface area contributed by atoms with Crippen molar-refractivity contribution in [1.29, 1.82) is 0 Å². The fourth-order valence-electron chi connectivity index (χ4n) is 3.08. The molecule has 0 saturated carbocycles. The van der Waals surface area contributed by atoms with Crippen LogP contribution < -0.4 is 10.0 Å². The molecule has 7 nitrogen and oxygen atoms in total. The van der Waals surface area contributed by atoms with Crippen LogP contribution in [0.5, 0.6) is 0 Å². The van der Waals surface area contributed by atoms with E-state index >= 15 is 0 Å². The highest BCUT2D eigenvalue weighted by atomic mass is 35.5. The van der Waals surface area contributed by atoms with Crippen LogP contribution in [-0.2, 0) is 21.4 Å². The third-order valence-corrected chi connectivity index (χ3v) is 7.40. The summed E-state index contributed by atoms with van der Waals surface area (Å²) in [5.74, 6) is 0.650. The van der Waals surface area contributed by atoms with Gasteiger partial charge >= 0.3 is 0 Å². The second-order valence-electron chi connectivity index (χ2n) is 7.29. The molecule has 0 aromatic heterocycles. The van der Waals surface area contributed by atoms with E-state index in [1.54, 1.807) is 18.9 Å². The van der Waals surface area contributed by atoms with Crippen LogP contribution >= 0.6 is 23.2 Å². The van der Waals surface area contributed by atoms with Crippen molar-refractivity contribution in [1.82, 2.24) is 14.9 Å². The molecular formula is C22H24Cl2N4O3S. The number of carbonyl (C=O) groups excluding carboxylic acids is 1. The van der Waals surface area contributed by atoms with Crippen LogP contribution in [0, 0.1) is 6.92 Å². The number of likely N-dealkylation sites (N-methyl/N-ethyl adjacent to an activating group) is 1. The third kappa shape index (κ3) is 5.89. The molecule has 10 heteroatoms. The van der Waals surface area contributed by atoms with E-state index in [-0.39, 0.29) is 22.4 Å². The van der Waals surface area contributed by atoms with E-state index in [0.29, 0.717) is 17.1 Å². The van der Waals surface area contributed by atoms with Crippen molar-refractivity contribution in [2.45, 2.75) is 18.4 Å². The van der Waals surface area contributed by atoms with Crippen LogP contribution in [0.3, 0.4) is 0 Å². The van der Waals surface area contributed by atoms with E-state index in [4.69, 9.17) is 23.2 Å². The molecule has 0 saturated heterocycles. The van der Waals surface area contributed by atoms with Crippen molar-refractivity contribution in [3.63, 3.8) is 0 Å². The maximum Gasteiger partial charge on any atom is 0.246 e. The van der Waals surface area contributed by atoms with Gasteiger partial charge in [-0.15, -0.1) is 0 Å². The highest BCUT2D eigenvalue weighted by molar-refractivity contribution is 7.89. The number of amidine groups is 1. The summed E-state index contributed by atoms with van der Waals surface area (Å²) in [7, 11) is -2.16. The van der Waals surface area contributed by atoms with Crippen molar-refractivity contribution in [2.75, 3.05) is 26.7 Å². The Morgan fingerprint density at radius 1 is 1.22 bits per heavy atom. The summed E-state index contributed by atoms with van der Waals surface area (Å²) in [6.45, 7) is 3.65. The number of hydrogen-bond donors (Lipinski definition) is 2. The predicted octanol–water partition coefficient (Wildman–Crippen LogP) is 3.14. The summed E-state index contributed by atoms with van der Waals surface area (Å²) in [6.07, 6.45) is 2.79. The number of sulfonamides is 1. The fraction of sp³-hybridized carbons (Fsp3) is 0.273. The Kier molecular flexibility index (Phi) is 7.95. The van der Waals surface area contributed by atoms with E-state index in [9.17, 15) is 13.2 Å². The Morgan fingerprint density at radius 3 is 2.59 bits per heavy atom. The lowest BCUT2D eigenvalue weighted by Crippen LogP contribution is -2.26. The van der Waals surface area contributed by atoms with E-state index in [2.05, 4.69) is 15.0 Å². The summed E-state index contributed by atoms with van der Waals surface area (Å²) in [4.78, 5) is 18.2. The van der Waals surface area contributed by atoms with Gasteiger partial charge in [0.2, 0.25) is 15.9 Å². The second-order valence-corrected chi connectivity index (χ2v) is 9.81. The zero-order valence-electron chi connectivity index (χ0n) is 17.7. The monoisotopic (exact) mass is 494 g/mol. The molecule has 0 spiro atoms. The Hall–Kier alpha value is -2.39. The highest BCUT2D eigenvalue weighted by Crippen LogP contribution is 2.30. The summed E-state index contributed by atoms with van der Waals surface area (Å²) >= 11 is 12.1. The molecule has 0 atom stereocenters. The first-order chi connectivity index (χ1) is 15.2. The number of benzene rings is 2. The minimum absolute atomic E-state index is 0.0519. The van der Waals surface area contributed by atoms with Crippen LogP contribution in [0.4, 0.5) is 0 Å². The summed E-state index contributed by atoms with van der Waals surface area (Å²) in [5.41, 5.74) is 2.48. The SMILES string of the molecule is Cc1c(Cl)ccc(S(=O)(=O)NC/C=C/C(=O)N(C)Cc2ccc(C3=NCCN3)cc2)c1Cl. The van der Waals surface area contributed by atoms with Crippen LogP contribution in [-0.4, -0.2) is 51.7 Å². The third-order valence-electron chi connectivity index (χ3n) is 4.92. The largest absolute Gasteiger partial charge is 0.368 e. The van der Waals surface area contributed by atoms with Crippen molar-refractivity contribution in [3.05, 3.63) is 75.3 Å². The van der Waals surface area contributed by atoms with Crippen molar-refractivity contribution in [3.8, 4) is 0 Å². The quantitative estimate of drug-likeness (QED) is 0.551. The van der Waals surface area contributed by atoms with Crippen molar-refractivity contribution in [2.24, 2.45) is 4.99 Å². The topological polar surface area (TPSA) is 90.9 Å². The van der Waals surface area contributed by atoms with Gasteiger partial charge in [0.15, 0.2) is 0 Å². The van der Waals surface area contributed by atoms with Gasteiger partial charge in [0.05, 0.1) is 11.6 Å². The summed E-state index contributed by atoms with van der Waals surface area (Å²) in [6, 6.07) is 10.7. The Bertz CT molecular complexity index is 1160. The lowest BCUT2D eigenvalue weighted by atomic mass is 10.1. The second kappa shape index (κ2) is 10.5. The maximum absolute atomic E-state index is 12.5. The van der Waals surface area contributed by atoms with Gasteiger partial charge in [-0.05, 0) is 30.2 Å². The summed E-state index contributed by atoms with van der Waals surface area (Å²) in [5, 5.41) is 3.69. The van der Waals surface area contributed by atoms with Crippen LogP contribution in [0.2, 0.25) is 10.0 Å².